The van der Waals surface area contributed by atoms with E-state index in [1.807, 2.05) is 24.7 Å². The molecule has 0 aliphatic carbocycles. The van der Waals surface area contributed by atoms with Crippen molar-refractivity contribution in [2.45, 2.75) is 33.1 Å². The van der Waals surface area contributed by atoms with Crippen LogP contribution in [-0.2, 0) is 19.3 Å². The second kappa shape index (κ2) is 10.4. The zero-order valence-corrected chi connectivity index (χ0v) is 17.0. The minimum absolute atomic E-state index is 0. The summed E-state index contributed by atoms with van der Waals surface area (Å²) in [7, 11) is 0. The Morgan fingerprint density at radius 3 is 2.65 bits per heavy atom. The van der Waals surface area contributed by atoms with Crippen molar-refractivity contribution in [3.05, 3.63) is 53.3 Å². The van der Waals surface area contributed by atoms with Gasteiger partial charge in [-0.25, -0.2) is 4.99 Å². The van der Waals surface area contributed by atoms with Gasteiger partial charge < -0.3 is 10.6 Å². The summed E-state index contributed by atoms with van der Waals surface area (Å²) in [5.74, 6) is 0.559. The van der Waals surface area contributed by atoms with Crippen molar-refractivity contribution in [1.29, 1.82) is 0 Å². The molecule has 26 heavy (non-hydrogen) atoms. The molecule has 5 nitrogen and oxygen atoms in total. The van der Waals surface area contributed by atoms with Gasteiger partial charge in [-0.15, -0.1) is 24.0 Å². The molecule has 0 bridgehead atoms. The van der Waals surface area contributed by atoms with Crippen LogP contribution in [0.4, 0.5) is 13.2 Å². The lowest BCUT2D eigenvalue weighted by Gasteiger charge is -2.12. The van der Waals surface area contributed by atoms with E-state index in [4.69, 9.17) is 0 Å². The fourth-order valence-electron chi connectivity index (χ4n) is 2.24. The second-order valence-electron chi connectivity index (χ2n) is 5.60. The van der Waals surface area contributed by atoms with Crippen LogP contribution in [0, 0.1) is 6.92 Å². The summed E-state index contributed by atoms with van der Waals surface area (Å²) in [4.78, 5) is 4.34. The van der Waals surface area contributed by atoms with E-state index in [1.54, 1.807) is 12.3 Å². The van der Waals surface area contributed by atoms with E-state index in [9.17, 15) is 13.2 Å². The molecule has 0 saturated heterocycles. The predicted octanol–water partition coefficient (Wildman–Crippen LogP) is 3.58. The number of aryl methyl sites for hydroxylation is 1. The SMILES string of the molecule is CCNC(=NCc1cccc(C(F)(F)F)c1)NCCn1cc(C)cn1.I. The number of aliphatic imine (C=N–C) groups is 1. The highest BCUT2D eigenvalue weighted by molar-refractivity contribution is 14.0. The first-order chi connectivity index (χ1) is 11.9. The third-order valence-corrected chi connectivity index (χ3v) is 3.41. The van der Waals surface area contributed by atoms with Gasteiger partial charge in [0.15, 0.2) is 5.96 Å². The van der Waals surface area contributed by atoms with E-state index in [1.165, 1.54) is 6.07 Å². The molecule has 2 aromatic rings. The Morgan fingerprint density at radius 1 is 1.27 bits per heavy atom. The summed E-state index contributed by atoms with van der Waals surface area (Å²) in [6.45, 7) is 6.00. The van der Waals surface area contributed by atoms with Gasteiger partial charge in [-0.1, -0.05) is 12.1 Å². The third-order valence-electron chi connectivity index (χ3n) is 3.41. The average Bonchev–Trinajstić information content (AvgIpc) is 2.97. The maximum absolute atomic E-state index is 12.7. The van der Waals surface area contributed by atoms with Crippen LogP contribution in [0.15, 0.2) is 41.7 Å². The molecule has 0 aliphatic rings. The van der Waals surface area contributed by atoms with Gasteiger partial charge in [0.05, 0.1) is 24.8 Å². The summed E-state index contributed by atoms with van der Waals surface area (Å²) >= 11 is 0. The molecule has 0 aliphatic heterocycles. The van der Waals surface area contributed by atoms with Crippen molar-refractivity contribution >= 4 is 29.9 Å². The first kappa shape index (κ1) is 22.3. The molecule has 0 atom stereocenters. The van der Waals surface area contributed by atoms with Gasteiger partial charge in [-0.05, 0) is 37.1 Å². The Hall–Kier alpha value is -1.78. The Balaban J connectivity index is 0.00000338. The number of nitrogens with one attached hydrogen (secondary N) is 2. The van der Waals surface area contributed by atoms with Crippen LogP contribution in [0.2, 0.25) is 0 Å². The molecule has 0 unspecified atom stereocenters. The first-order valence-corrected chi connectivity index (χ1v) is 8.06. The Morgan fingerprint density at radius 2 is 2.04 bits per heavy atom. The predicted molar refractivity (Wildman–Crippen MR) is 107 cm³/mol. The summed E-state index contributed by atoms with van der Waals surface area (Å²) in [5, 5.41) is 10.4. The lowest BCUT2D eigenvalue weighted by molar-refractivity contribution is -0.137. The number of guanidine groups is 1. The molecule has 1 heterocycles. The Kier molecular flexibility index (Phi) is 8.89. The van der Waals surface area contributed by atoms with E-state index < -0.39 is 11.7 Å². The lowest BCUT2D eigenvalue weighted by atomic mass is 10.1. The number of benzene rings is 1. The third kappa shape index (κ3) is 7.22. The van der Waals surface area contributed by atoms with Crippen molar-refractivity contribution < 1.29 is 13.2 Å². The van der Waals surface area contributed by atoms with E-state index >= 15 is 0 Å². The van der Waals surface area contributed by atoms with E-state index in [-0.39, 0.29) is 30.5 Å². The Labute approximate surface area is 168 Å². The van der Waals surface area contributed by atoms with Gasteiger partial charge in [0, 0.05) is 19.3 Å². The zero-order chi connectivity index (χ0) is 18.3. The normalized spacial score (nSPS) is 11.8. The minimum Gasteiger partial charge on any atom is -0.357 e. The number of hydrogen-bond acceptors (Lipinski definition) is 2. The molecule has 0 saturated carbocycles. The number of halogens is 4. The topological polar surface area (TPSA) is 54.2 Å². The van der Waals surface area contributed by atoms with E-state index in [2.05, 4.69) is 20.7 Å². The van der Waals surface area contributed by atoms with Gasteiger partial charge in [0.1, 0.15) is 0 Å². The van der Waals surface area contributed by atoms with E-state index in [0.29, 0.717) is 31.2 Å². The molecule has 0 amide bonds. The molecule has 144 valence electrons. The van der Waals surface area contributed by atoms with Gasteiger partial charge in [0.25, 0.3) is 0 Å². The molecular weight excluding hydrogens is 458 g/mol. The smallest absolute Gasteiger partial charge is 0.357 e. The highest BCUT2D eigenvalue weighted by atomic mass is 127. The van der Waals surface area contributed by atoms with Crippen molar-refractivity contribution in [3.8, 4) is 0 Å². The van der Waals surface area contributed by atoms with Crippen LogP contribution in [-0.4, -0.2) is 28.8 Å². The largest absolute Gasteiger partial charge is 0.416 e. The van der Waals surface area contributed by atoms with Crippen molar-refractivity contribution in [3.63, 3.8) is 0 Å². The lowest BCUT2D eigenvalue weighted by Crippen LogP contribution is -2.38. The summed E-state index contributed by atoms with van der Waals surface area (Å²) < 4.78 is 40.1. The maximum Gasteiger partial charge on any atom is 0.416 e. The van der Waals surface area contributed by atoms with Crippen molar-refractivity contribution in [2.24, 2.45) is 4.99 Å². The molecule has 1 aromatic carbocycles. The molecular formula is C17H23F3IN5. The summed E-state index contributed by atoms with van der Waals surface area (Å²) in [6, 6.07) is 5.21. The average molecular weight is 481 g/mol. The second-order valence-corrected chi connectivity index (χ2v) is 5.60. The number of alkyl halides is 3. The van der Waals surface area contributed by atoms with E-state index in [0.717, 1.165) is 17.7 Å². The molecule has 0 radical (unpaired) electrons. The van der Waals surface area contributed by atoms with Gasteiger partial charge in [0.2, 0.25) is 0 Å². The molecule has 2 rings (SSSR count). The highest BCUT2D eigenvalue weighted by Crippen LogP contribution is 2.29. The maximum atomic E-state index is 12.7. The summed E-state index contributed by atoms with van der Waals surface area (Å²) in [5.41, 5.74) is 0.937. The standard InChI is InChI=1S/C17H22F3N5.HI/c1-3-21-16(22-7-8-25-12-13(2)10-24-25)23-11-14-5-4-6-15(9-14)17(18,19)20;/h4-6,9-10,12H,3,7-8,11H2,1-2H3,(H2,21,22,23);1H. The van der Waals surface area contributed by atoms with Crippen molar-refractivity contribution in [1.82, 2.24) is 20.4 Å². The highest BCUT2D eigenvalue weighted by Gasteiger charge is 2.30. The number of hydrogen-bond donors (Lipinski definition) is 2. The van der Waals surface area contributed by atoms with Crippen LogP contribution in [0.3, 0.4) is 0 Å². The van der Waals surface area contributed by atoms with Crippen LogP contribution in [0.1, 0.15) is 23.6 Å². The fraction of sp³-hybridized carbons (Fsp3) is 0.412. The fourth-order valence-corrected chi connectivity index (χ4v) is 2.24. The van der Waals surface area contributed by atoms with Gasteiger partial charge >= 0.3 is 6.18 Å². The number of rotatable bonds is 6. The first-order valence-electron chi connectivity index (χ1n) is 8.06. The summed E-state index contributed by atoms with van der Waals surface area (Å²) in [6.07, 6.45) is -0.619. The molecule has 2 N–H and O–H groups in total. The monoisotopic (exact) mass is 481 g/mol. The minimum atomic E-state index is -4.34. The van der Waals surface area contributed by atoms with Crippen molar-refractivity contribution in [2.75, 3.05) is 13.1 Å². The quantitative estimate of drug-likeness (QED) is 0.377. The van der Waals surface area contributed by atoms with Crippen LogP contribution < -0.4 is 10.6 Å². The van der Waals surface area contributed by atoms with Crippen LogP contribution in [0.5, 0.6) is 0 Å². The van der Waals surface area contributed by atoms with Gasteiger partial charge in [-0.3, -0.25) is 4.68 Å². The number of nitrogens with zero attached hydrogens (tertiary/aromatic N) is 3. The number of aromatic nitrogens is 2. The molecule has 9 heteroatoms. The van der Waals surface area contributed by atoms with Crippen LogP contribution >= 0.6 is 24.0 Å². The molecule has 0 fully saturated rings. The van der Waals surface area contributed by atoms with Crippen LogP contribution in [0.25, 0.3) is 0 Å². The zero-order valence-electron chi connectivity index (χ0n) is 14.7. The molecule has 1 aromatic heterocycles. The Bertz CT molecular complexity index is 712. The van der Waals surface area contributed by atoms with Gasteiger partial charge in [-0.2, -0.15) is 18.3 Å². The molecule has 0 spiro atoms.